The van der Waals surface area contributed by atoms with Gasteiger partial charge in [0.25, 0.3) is 0 Å². The molecule has 0 saturated carbocycles. The summed E-state index contributed by atoms with van der Waals surface area (Å²) in [7, 11) is 0. The molecule has 1 heterocycles. The summed E-state index contributed by atoms with van der Waals surface area (Å²) in [6, 6.07) is 6.49. The maximum absolute atomic E-state index is 13.0. The number of amides is 1. The molecule has 1 atom stereocenters. The second-order valence-electron chi connectivity index (χ2n) is 5.53. The molecule has 0 bridgehead atoms. The largest absolute Gasteiger partial charge is 0.337 e. The van der Waals surface area contributed by atoms with Crippen molar-refractivity contribution in [2.24, 2.45) is 0 Å². The van der Waals surface area contributed by atoms with Crippen molar-refractivity contribution >= 4 is 29.4 Å². The number of hydrogen-bond donors (Lipinski definition) is 0. The Morgan fingerprint density at radius 2 is 2.05 bits per heavy atom. The zero-order valence-electron chi connectivity index (χ0n) is 13.1. The van der Waals surface area contributed by atoms with Crippen molar-refractivity contribution in [3.05, 3.63) is 35.6 Å². The fourth-order valence-corrected chi connectivity index (χ4v) is 5.09. The predicted octanol–water partition coefficient (Wildman–Crippen LogP) is 4.19. The molecular weight excluding hydrogens is 317 g/mol. The molecule has 2 rings (SSSR count). The highest BCUT2D eigenvalue weighted by molar-refractivity contribution is 8.07. The summed E-state index contributed by atoms with van der Waals surface area (Å²) in [6.45, 7) is 3.55. The molecule has 1 aliphatic heterocycles. The summed E-state index contributed by atoms with van der Waals surface area (Å²) in [5.41, 5.74) is 1.000. The highest BCUT2D eigenvalue weighted by Crippen LogP contribution is 2.26. The van der Waals surface area contributed by atoms with E-state index in [1.165, 1.54) is 12.1 Å². The van der Waals surface area contributed by atoms with Crippen molar-refractivity contribution in [3.8, 4) is 0 Å². The SMILES string of the molecule is CCCCCN(Cc1ccc(F)cc1)C(=O)C1CSCCS1. The Bertz CT molecular complexity index is 460. The van der Waals surface area contributed by atoms with E-state index in [4.69, 9.17) is 0 Å². The van der Waals surface area contributed by atoms with Gasteiger partial charge in [0, 0.05) is 30.3 Å². The van der Waals surface area contributed by atoms with E-state index in [2.05, 4.69) is 6.92 Å². The molecule has 1 aromatic rings. The number of carbonyl (C=O) groups is 1. The quantitative estimate of drug-likeness (QED) is 0.694. The third kappa shape index (κ3) is 5.51. The van der Waals surface area contributed by atoms with Gasteiger partial charge < -0.3 is 4.90 Å². The molecule has 0 N–H and O–H groups in total. The van der Waals surface area contributed by atoms with Crippen molar-refractivity contribution in [2.45, 2.75) is 38.0 Å². The zero-order valence-corrected chi connectivity index (χ0v) is 14.7. The number of carbonyl (C=O) groups excluding carboxylic acids is 1. The van der Waals surface area contributed by atoms with Gasteiger partial charge in [-0.05, 0) is 24.1 Å². The van der Waals surface area contributed by atoms with Crippen molar-refractivity contribution in [1.82, 2.24) is 4.90 Å². The molecule has 1 amide bonds. The van der Waals surface area contributed by atoms with Gasteiger partial charge in [-0.15, -0.1) is 11.8 Å². The molecule has 0 radical (unpaired) electrons. The Morgan fingerprint density at radius 1 is 1.27 bits per heavy atom. The van der Waals surface area contributed by atoms with Gasteiger partial charge in [-0.25, -0.2) is 4.39 Å². The minimum atomic E-state index is -0.230. The molecule has 2 nitrogen and oxygen atoms in total. The van der Waals surface area contributed by atoms with Crippen molar-refractivity contribution in [1.29, 1.82) is 0 Å². The number of unbranched alkanes of at least 4 members (excludes halogenated alkanes) is 2. The predicted molar refractivity (Wildman–Crippen MR) is 94.9 cm³/mol. The minimum absolute atomic E-state index is 0.0841. The lowest BCUT2D eigenvalue weighted by Gasteiger charge is -2.29. The first kappa shape index (κ1) is 17.7. The molecule has 5 heteroatoms. The van der Waals surface area contributed by atoms with Gasteiger partial charge in [0.1, 0.15) is 5.82 Å². The Kier molecular flexibility index (Phi) is 7.60. The van der Waals surface area contributed by atoms with Gasteiger partial charge in [-0.1, -0.05) is 31.9 Å². The van der Waals surface area contributed by atoms with Gasteiger partial charge in [-0.2, -0.15) is 11.8 Å². The Morgan fingerprint density at radius 3 is 2.68 bits per heavy atom. The molecule has 0 spiro atoms. The molecule has 1 saturated heterocycles. The fourth-order valence-electron chi connectivity index (χ4n) is 2.46. The topological polar surface area (TPSA) is 20.3 Å². The Hall–Kier alpha value is -0.680. The van der Waals surface area contributed by atoms with E-state index in [1.54, 1.807) is 23.9 Å². The number of halogens is 1. The number of rotatable bonds is 7. The van der Waals surface area contributed by atoms with E-state index in [9.17, 15) is 9.18 Å². The lowest BCUT2D eigenvalue weighted by molar-refractivity contribution is -0.130. The first-order valence-corrected chi connectivity index (χ1v) is 10.1. The van der Waals surface area contributed by atoms with Crippen LogP contribution in [0, 0.1) is 5.82 Å². The monoisotopic (exact) mass is 341 g/mol. The van der Waals surface area contributed by atoms with Gasteiger partial charge in [0.05, 0.1) is 5.25 Å². The van der Waals surface area contributed by atoms with Crippen LogP contribution in [0.3, 0.4) is 0 Å². The number of nitrogens with zero attached hydrogens (tertiary/aromatic N) is 1. The normalized spacial score (nSPS) is 18.2. The lowest BCUT2D eigenvalue weighted by atomic mass is 10.1. The van der Waals surface area contributed by atoms with Gasteiger partial charge in [0.2, 0.25) is 5.91 Å². The summed E-state index contributed by atoms with van der Waals surface area (Å²) in [5.74, 6) is 3.13. The van der Waals surface area contributed by atoms with Gasteiger partial charge in [-0.3, -0.25) is 4.79 Å². The van der Waals surface area contributed by atoms with E-state index < -0.39 is 0 Å². The standard InChI is InChI=1S/C17H24FNOS2/c1-2-3-4-9-19(12-14-5-7-15(18)8-6-14)17(20)16-13-21-10-11-22-16/h5-8,16H,2-4,9-13H2,1H3. The summed E-state index contributed by atoms with van der Waals surface area (Å²) < 4.78 is 13.0. The smallest absolute Gasteiger partial charge is 0.236 e. The van der Waals surface area contributed by atoms with Crippen molar-refractivity contribution in [2.75, 3.05) is 23.8 Å². The number of thioether (sulfide) groups is 2. The third-order valence-corrected chi connectivity index (χ3v) is 6.46. The van der Waals surface area contributed by atoms with Crippen LogP contribution < -0.4 is 0 Å². The number of hydrogen-bond acceptors (Lipinski definition) is 3. The minimum Gasteiger partial charge on any atom is -0.337 e. The lowest BCUT2D eigenvalue weighted by Crippen LogP contribution is -2.40. The molecule has 1 aliphatic rings. The highest BCUT2D eigenvalue weighted by atomic mass is 32.2. The first-order chi connectivity index (χ1) is 10.7. The summed E-state index contributed by atoms with van der Waals surface area (Å²) in [5, 5.41) is 0.0841. The first-order valence-electron chi connectivity index (χ1n) is 7.93. The Labute approximate surface area is 141 Å². The van der Waals surface area contributed by atoms with Crippen LogP contribution in [0.15, 0.2) is 24.3 Å². The van der Waals surface area contributed by atoms with Crippen LogP contribution in [0.1, 0.15) is 31.7 Å². The third-order valence-electron chi connectivity index (χ3n) is 3.72. The van der Waals surface area contributed by atoms with Gasteiger partial charge >= 0.3 is 0 Å². The van der Waals surface area contributed by atoms with Crippen LogP contribution >= 0.6 is 23.5 Å². The van der Waals surface area contributed by atoms with Crippen LogP contribution in [0.2, 0.25) is 0 Å². The molecule has 0 aliphatic carbocycles. The fraction of sp³-hybridized carbons (Fsp3) is 0.588. The summed E-state index contributed by atoms with van der Waals surface area (Å²) >= 11 is 3.65. The highest BCUT2D eigenvalue weighted by Gasteiger charge is 2.26. The second kappa shape index (κ2) is 9.46. The van der Waals surface area contributed by atoms with E-state index in [-0.39, 0.29) is 17.0 Å². The maximum Gasteiger partial charge on any atom is 0.236 e. The zero-order chi connectivity index (χ0) is 15.8. The van der Waals surface area contributed by atoms with E-state index in [0.717, 1.165) is 48.6 Å². The average molecular weight is 342 g/mol. The Balaban J connectivity index is 2.00. The molecule has 1 aromatic carbocycles. The van der Waals surface area contributed by atoms with Crippen LogP contribution in [0.25, 0.3) is 0 Å². The molecule has 0 aromatic heterocycles. The van der Waals surface area contributed by atoms with Crippen LogP contribution in [-0.2, 0) is 11.3 Å². The summed E-state index contributed by atoms with van der Waals surface area (Å²) in [4.78, 5) is 14.7. The number of benzene rings is 1. The second-order valence-corrected chi connectivity index (χ2v) is 7.99. The van der Waals surface area contributed by atoms with Crippen molar-refractivity contribution in [3.63, 3.8) is 0 Å². The van der Waals surface area contributed by atoms with E-state index in [1.807, 2.05) is 16.7 Å². The van der Waals surface area contributed by atoms with Crippen LogP contribution in [0.5, 0.6) is 0 Å². The van der Waals surface area contributed by atoms with Crippen LogP contribution in [0.4, 0.5) is 4.39 Å². The molecule has 1 fully saturated rings. The molecular formula is C17H24FNOS2. The molecule has 122 valence electrons. The van der Waals surface area contributed by atoms with Crippen molar-refractivity contribution < 1.29 is 9.18 Å². The summed E-state index contributed by atoms with van der Waals surface area (Å²) in [6.07, 6.45) is 3.32. The van der Waals surface area contributed by atoms with E-state index in [0.29, 0.717) is 6.54 Å². The maximum atomic E-state index is 13.0. The van der Waals surface area contributed by atoms with Gasteiger partial charge in [0.15, 0.2) is 0 Å². The van der Waals surface area contributed by atoms with Crippen LogP contribution in [-0.4, -0.2) is 39.9 Å². The average Bonchev–Trinajstić information content (AvgIpc) is 2.56. The molecule has 22 heavy (non-hydrogen) atoms. The van der Waals surface area contributed by atoms with E-state index >= 15 is 0 Å². The molecule has 1 unspecified atom stereocenters.